The van der Waals surface area contributed by atoms with Crippen LogP contribution in [0.3, 0.4) is 0 Å². The van der Waals surface area contributed by atoms with Crippen LogP contribution < -0.4 is 14.8 Å². The molecule has 6 nitrogen and oxygen atoms in total. The lowest BCUT2D eigenvalue weighted by Gasteiger charge is -2.28. The first kappa shape index (κ1) is 22.7. The summed E-state index contributed by atoms with van der Waals surface area (Å²) in [6.07, 6.45) is 0.823. The van der Waals surface area contributed by atoms with Gasteiger partial charge in [0, 0.05) is 24.5 Å². The van der Waals surface area contributed by atoms with Crippen LogP contribution >= 0.6 is 15.9 Å². The van der Waals surface area contributed by atoms with Gasteiger partial charge in [-0.05, 0) is 48.7 Å². The SMILES string of the molecule is CNC(=O)[C@H](C)N(Cc1ccc(Br)cc1)C(=O)CCc1ccc(OC)c(OC)c1. The van der Waals surface area contributed by atoms with Crippen molar-refractivity contribution in [3.8, 4) is 11.5 Å². The smallest absolute Gasteiger partial charge is 0.242 e. The fourth-order valence-corrected chi connectivity index (χ4v) is 3.27. The molecule has 0 saturated carbocycles. The summed E-state index contributed by atoms with van der Waals surface area (Å²) in [5.74, 6) is 0.996. The zero-order valence-corrected chi connectivity index (χ0v) is 18.8. The molecule has 2 aromatic rings. The summed E-state index contributed by atoms with van der Waals surface area (Å²) < 4.78 is 11.5. The van der Waals surface area contributed by atoms with E-state index in [0.29, 0.717) is 24.5 Å². The minimum atomic E-state index is -0.568. The van der Waals surface area contributed by atoms with Crippen LogP contribution in [0.1, 0.15) is 24.5 Å². The first-order valence-corrected chi connectivity index (χ1v) is 10.1. The van der Waals surface area contributed by atoms with Crippen LogP contribution in [0.4, 0.5) is 0 Å². The third kappa shape index (κ3) is 6.22. The number of hydrogen-bond acceptors (Lipinski definition) is 4. The van der Waals surface area contributed by atoms with E-state index in [0.717, 1.165) is 15.6 Å². The second-order valence-electron chi connectivity index (χ2n) is 6.63. The Kier molecular flexibility index (Phi) is 8.51. The van der Waals surface area contributed by atoms with E-state index < -0.39 is 6.04 Å². The van der Waals surface area contributed by atoms with E-state index in [2.05, 4.69) is 21.2 Å². The molecule has 1 N–H and O–H groups in total. The second-order valence-corrected chi connectivity index (χ2v) is 7.54. The lowest BCUT2D eigenvalue weighted by atomic mass is 10.1. The molecule has 0 aliphatic rings. The van der Waals surface area contributed by atoms with E-state index in [9.17, 15) is 9.59 Å². The summed E-state index contributed by atoms with van der Waals surface area (Å²) in [7, 11) is 4.74. The first-order chi connectivity index (χ1) is 13.9. The highest BCUT2D eigenvalue weighted by atomic mass is 79.9. The molecule has 2 rings (SSSR count). The van der Waals surface area contributed by atoms with Gasteiger partial charge in [0.05, 0.1) is 14.2 Å². The predicted molar refractivity (Wildman–Crippen MR) is 116 cm³/mol. The van der Waals surface area contributed by atoms with Crippen molar-refractivity contribution in [2.24, 2.45) is 0 Å². The molecule has 156 valence electrons. The zero-order chi connectivity index (χ0) is 21.4. The summed E-state index contributed by atoms with van der Waals surface area (Å²) in [5.41, 5.74) is 1.93. The highest BCUT2D eigenvalue weighted by Crippen LogP contribution is 2.28. The molecule has 0 aliphatic carbocycles. The number of carbonyl (C=O) groups is 2. The maximum atomic E-state index is 13.0. The van der Waals surface area contributed by atoms with Gasteiger partial charge in [-0.3, -0.25) is 9.59 Å². The highest BCUT2D eigenvalue weighted by molar-refractivity contribution is 9.10. The number of rotatable bonds is 9. The van der Waals surface area contributed by atoms with Crippen molar-refractivity contribution >= 4 is 27.7 Å². The number of ether oxygens (including phenoxy) is 2. The summed E-state index contributed by atoms with van der Waals surface area (Å²) in [6, 6.07) is 12.8. The molecule has 1 atom stereocenters. The molecule has 0 aliphatic heterocycles. The number of benzene rings is 2. The average Bonchev–Trinajstić information content (AvgIpc) is 2.75. The molecule has 29 heavy (non-hydrogen) atoms. The summed E-state index contributed by atoms with van der Waals surface area (Å²) in [4.78, 5) is 26.8. The summed E-state index contributed by atoms with van der Waals surface area (Å²) in [6.45, 7) is 2.11. The molecule has 0 unspecified atom stereocenters. The van der Waals surface area contributed by atoms with E-state index in [1.807, 2.05) is 42.5 Å². The van der Waals surface area contributed by atoms with E-state index in [1.54, 1.807) is 33.1 Å². The van der Waals surface area contributed by atoms with E-state index in [-0.39, 0.29) is 18.2 Å². The minimum absolute atomic E-state index is 0.0844. The normalized spacial score (nSPS) is 11.5. The monoisotopic (exact) mass is 462 g/mol. The van der Waals surface area contributed by atoms with E-state index >= 15 is 0 Å². The van der Waals surface area contributed by atoms with Gasteiger partial charge in [-0.2, -0.15) is 0 Å². The number of halogens is 1. The second kappa shape index (κ2) is 10.9. The van der Waals surface area contributed by atoms with Crippen molar-refractivity contribution < 1.29 is 19.1 Å². The Balaban J connectivity index is 2.14. The minimum Gasteiger partial charge on any atom is -0.493 e. The number of amides is 2. The van der Waals surface area contributed by atoms with Gasteiger partial charge >= 0.3 is 0 Å². The van der Waals surface area contributed by atoms with E-state index in [4.69, 9.17) is 9.47 Å². The highest BCUT2D eigenvalue weighted by Gasteiger charge is 2.25. The van der Waals surface area contributed by atoms with Crippen molar-refractivity contribution in [1.29, 1.82) is 0 Å². The molecule has 0 spiro atoms. The van der Waals surface area contributed by atoms with Crippen molar-refractivity contribution in [1.82, 2.24) is 10.2 Å². The van der Waals surface area contributed by atoms with Crippen LogP contribution in [0.15, 0.2) is 46.9 Å². The number of aryl methyl sites for hydroxylation is 1. The molecule has 0 bridgehead atoms. The van der Waals surface area contributed by atoms with E-state index in [1.165, 1.54) is 0 Å². The fourth-order valence-electron chi connectivity index (χ4n) is 3.01. The van der Waals surface area contributed by atoms with Crippen LogP contribution in [0.2, 0.25) is 0 Å². The van der Waals surface area contributed by atoms with Crippen LogP contribution in [-0.4, -0.2) is 44.0 Å². The van der Waals surface area contributed by atoms with Crippen molar-refractivity contribution in [2.75, 3.05) is 21.3 Å². The van der Waals surface area contributed by atoms with Crippen LogP contribution in [0.5, 0.6) is 11.5 Å². The lowest BCUT2D eigenvalue weighted by Crippen LogP contribution is -2.46. The largest absolute Gasteiger partial charge is 0.493 e. The maximum absolute atomic E-state index is 13.0. The average molecular weight is 463 g/mol. The summed E-state index contributed by atoms with van der Waals surface area (Å²) in [5, 5.41) is 2.63. The van der Waals surface area contributed by atoms with Gasteiger partial charge in [-0.1, -0.05) is 34.1 Å². The molecule has 0 heterocycles. The molecule has 0 fully saturated rings. The van der Waals surface area contributed by atoms with Gasteiger partial charge < -0.3 is 19.7 Å². The molecule has 0 saturated heterocycles. The number of carbonyl (C=O) groups excluding carboxylic acids is 2. The molecule has 7 heteroatoms. The topological polar surface area (TPSA) is 67.9 Å². The van der Waals surface area contributed by atoms with Crippen molar-refractivity contribution in [2.45, 2.75) is 32.4 Å². The summed E-state index contributed by atoms with van der Waals surface area (Å²) >= 11 is 3.41. The van der Waals surface area contributed by atoms with Crippen molar-refractivity contribution in [3.63, 3.8) is 0 Å². The Morgan fingerprint density at radius 1 is 1.03 bits per heavy atom. The van der Waals surface area contributed by atoms with Crippen LogP contribution in [0.25, 0.3) is 0 Å². The number of nitrogens with zero attached hydrogens (tertiary/aromatic N) is 1. The number of hydrogen-bond donors (Lipinski definition) is 1. The Labute approximate surface area is 180 Å². The number of likely N-dealkylation sites (N-methyl/N-ethyl adjacent to an activating group) is 1. The maximum Gasteiger partial charge on any atom is 0.242 e. The third-order valence-corrected chi connectivity index (χ3v) is 5.28. The first-order valence-electron chi connectivity index (χ1n) is 9.36. The number of methoxy groups -OCH3 is 2. The van der Waals surface area contributed by atoms with Crippen LogP contribution in [-0.2, 0) is 22.6 Å². The quantitative estimate of drug-likeness (QED) is 0.618. The van der Waals surface area contributed by atoms with Crippen LogP contribution in [0, 0.1) is 0 Å². The Bertz CT molecular complexity index is 839. The fraction of sp³-hybridized carbons (Fsp3) is 0.364. The third-order valence-electron chi connectivity index (χ3n) is 4.76. The van der Waals surface area contributed by atoms with Gasteiger partial charge in [0.25, 0.3) is 0 Å². The molecular formula is C22H27BrN2O4. The standard InChI is InChI=1S/C22H27BrN2O4/c1-15(22(27)24-2)25(14-17-5-9-18(23)10-6-17)21(26)12-8-16-7-11-19(28-3)20(13-16)29-4/h5-7,9-11,13,15H,8,12,14H2,1-4H3,(H,24,27)/t15-/m0/s1. The predicted octanol–water partition coefficient (Wildman–Crippen LogP) is 3.56. The molecule has 0 aromatic heterocycles. The Morgan fingerprint density at radius 2 is 1.66 bits per heavy atom. The lowest BCUT2D eigenvalue weighted by molar-refractivity contribution is -0.140. The Hall–Kier alpha value is -2.54. The van der Waals surface area contributed by atoms with Gasteiger partial charge in [-0.15, -0.1) is 0 Å². The molecule has 2 amide bonds. The molecule has 2 aromatic carbocycles. The van der Waals surface area contributed by atoms with Gasteiger partial charge in [0.15, 0.2) is 11.5 Å². The molecule has 0 radical (unpaired) electrons. The zero-order valence-electron chi connectivity index (χ0n) is 17.2. The van der Waals surface area contributed by atoms with Crippen molar-refractivity contribution in [3.05, 3.63) is 58.1 Å². The van der Waals surface area contributed by atoms with Gasteiger partial charge in [-0.25, -0.2) is 0 Å². The Morgan fingerprint density at radius 3 is 2.24 bits per heavy atom. The van der Waals surface area contributed by atoms with Gasteiger partial charge in [0.1, 0.15) is 6.04 Å². The van der Waals surface area contributed by atoms with Gasteiger partial charge in [0.2, 0.25) is 11.8 Å². The molecular weight excluding hydrogens is 436 g/mol. The number of nitrogens with one attached hydrogen (secondary N) is 1.